The fraction of sp³-hybridized carbons (Fsp3) is 0.500. The van der Waals surface area contributed by atoms with E-state index in [1.54, 1.807) is 0 Å². The van der Waals surface area contributed by atoms with Gasteiger partial charge in [0.15, 0.2) is 0 Å². The van der Waals surface area contributed by atoms with Gasteiger partial charge in [-0.2, -0.15) is 5.90 Å². The van der Waals surface area contributed by atoms with Crippen molar-refractivity contribution >= 4 is 29.8 Å². The van der Waals surface area contributed by atoms with Crippen LogP contribution >= 0.6 is 0 Å². The normalized spacial score (nSPS) is 6.27. The number of hydrogen-bond donors (Lipinski definition) is 8. The summed E-state index contributed by atoms with van der Waals surface area (Å²) in [5.41, 5.74) is 14.4. The molecule has 0 unspecified atom stereocenters. The molecule has 20 heteroatoms. The van der Waals surface area contributed by atoms with Crippen molar-refractivity contribution in [1.82, 2.24) is 24.6 Å². The molecule has 0 aliphatic heterocycles. The van der Waals surface area contributed by atoms with Gasteiger partial charge in [0, 0.05) is 23.9 Å². The number of carbonyl (C=O) groups is 5. The first-order valence-electron chi connectivity index (χ1n) is 5.39. The summed E-state index contributed by atoms with van der Waals surface area (Å²) in [6.45, 7) is 3.89. The van der Waals surface area contributed by atoms with Crippen LogP contribution < -0.4 is 68.1 Å². The molecule has 18 nitrogen and oxygen atoms in total. The van der Waals surface area contributed by atoms with Crippen LogP contribution in [-0.2, 0) is 70.3 Å². The molecule has 0 bridgehead atoms. The third-order valence-corrected chi connectivity index (χ3v) is 0.461. The Morgan fingerprint density at radius 1 is 0.633 bits per heavy atom. The Hall–Kier alpha value is -1.62. The van der Waals surface area contributed by atoms with Gasteiger partial charge in [-0.05, 0) is 27.7 Å². The molecule has 0 rings (SSSR count). The first-order valence-corrected chi connectivity index (χ1v) is 5.39. The molecule has 0 radical (unpaired) electrons. The second kappa shape index (κ2) is 45.9. The van der Waals surface area contributed by atoms with E-state index in [9.17, 15) is 4.79 Å². The molecule has 30 heavy (non-hydrogen) atoms. The van der Waals surface area contributed by atoms with Gasteiger partial charge in [-0.15, -0.1) is 0 Å². The number of rotatable bonds is 1. The summed E-state index contributed by atoms with van der Waals surface area (Å²) >= 11 is 0. The summed E-state index contributed by atoms with van der Waals surface area (Å²) in [5.74, 6) is -3.00. The summed E-state index contributed by atoms with van der Waals surface area (Å²) < 4.78 is 0. The Morgan fingerprint density at radius 3 is 0.733 bits per heavy atom. The standard InChI is InChI=1S/C2H8N4O2.4C2H4O2.4H3N.Pd.Pt/c3-2(4,5)1(7)8-6;4*1-2(3)4;;;;;;/h3-6H2;4*1H3,(H,3,4);4*1H3;;/q;;;;;;;;;2*+2/p-4. The molecule has 0 atom stereocenters. The molecule has 20 N–H and O–H groups in total. The maximum atomic E-state index is 10.1. The van der Waals surface area contributed by atoms with Crippen molar-refractivity contribution in [3.05, 3.63) is 0 Å². The number of carboxylic acid groups (broad SMARTS) is 4. The molecular formula is C10H32N8O10PdPt. The van der Waals surface area contributed by atoms with Gasteiger partial charge >= 0.3 is 47.5 Å². The van der Waals surface area contributed by atoms with Crippen molar-refractivity contribution < 1.29 is 90.7 Å². The van der Waals surface area contributed by atoms with Gasteiger partial charge in [0.1, 0.15) is 0 Å². The predicted octanol–water partition coefficient (Wildman–Crippen LogP) is -7.40. The minimum Gasteiger partial charge on any atom is -0.550 e. The van der Waals surface area contributed by atoms with E-state index in [0.29, 0.717) is 0 Å². The van der Waals surface area contributed by atoms with Crippen LogP contribution in [0.3, 0.4) is 0 Å². The Bertz CT molecular complexity index is 349. The summed E-state index contributed by atoms with van der Waals surface area (Å²) in [6, 6.07) is 0. The molecule has 0 saturated carbocycles. The number of carboxylic acids is 4. The van der Waals surface area contributed by atoms with Crippen LogP contribution in [-0.4, -0.2) is 35.6 Å². The number of carbonyl (C=O) groups excluding carboxylic acids is 5. The fourth-order valence-corrected chi connectivity index (χ4v) is 0.102. The minimum atomic E-state index is -1.98. The second-order valence-electron chi connectivity index (χ2n) is 3.30. The van der Waals surface area contributed by atoms with Crippen molar-refractivity contribution in [1.29, 1.82) is 0 Å². The minimum absolute atomic E-state index is 0. The molecule has 0 aromatic heterocycles. The van der Waals surface area contributed by atoms with E-state index >= 15 is 0 Å². The third-order valence-electron chi connectivity index (χ3n) is 0.461. The van der Waals surface area contributed by atoms with Crippen LogP contribution in [0.2, 0.25) is 0 Å². The molecule has 0 aliphatic carbocycles. The molecule has 192 valence electrons. The van der Waals surface area contributed by atoms with Gasteiger partial charge in [0.2, 0.25) is 5.79 Å². The summed E-state index contributed by atoms with van der Waals surface area (Å²) in [4.78, 5) is 49.3. The second-order valence-corrected chi connectivity index (χ2v) is 3.30. The van der Waals surface area contributed by atoms with E-state index in [2.05, 4.69) is 10.7 Å². The third kappa shape index (κ3) is 417. The van der Waals surface area contributed by atoms with E-state index in [0.717, 1.165) is 27.7 Å². The maximum absolute atomic E-state index is 10.1. The smallest absolute Gasteiger partial charge is 0.550 e. The van der Waals surface area contributed by atoms with Crippen molar-refractivity contribution in [2.75, 3.05) is 0 Å². The molecule has 0 aromatic rings. The molecule has 0 heterocycles. The Labute approximate surface area is 201 Å². The number of hydrogen-bond acceptors (Lipinski definition) is 18. The van der Waals surface area contributed by atoms with E-state index in [4.69, 9.17) is 56.8 Å². The summed E-state index contributed by atoms with van der Waals surface area (Å²) in [6.07, 6.45) is 0. The molecule has 0 aromatic carbocycles. The average Bonchev–Trinajstić information content (AvgIpc) is 2.23. The Balaban J connectivity index is -0.0000000165. The zero-order chi connectivity index (χ0) is 21.1. The summed E-state index contributed by atoms with van der Waals surface area (Å²) in [7, 11) is 0. The average molecular weight is 726 g/mol. The first-order chi connectivity index (χ1) is 10.4. The van der Waals surface area contributed by atoms with Crippen LogP contribution in [0.25, 0.3) is 0 Å². The zero-order valence-electron chi connectivity index (χ0n) is 16.9. The van der Waals surface area contributed by atoms with Crippen molar-refractivity contribution in [3.63, 3.8) is 0 Å². The van der Waals surface area contributed by atoms with Gasteiger partial charge in [-0.3, -0.25) is 17.2 Å². The Kier molecular flexibility index (Phi) is 108. The van der Waals surface area contributed by atoms with Crippen LogP contribution in [0.4, 0.5) is 0 Å². The quantitative estimate of drug-likeness (QED) is 0.0706. The fourth-order valence-electron chi connectivity index (χ4n) is 0.102. The van der Waals surface area contributed by atoms with Crippen molar-refractivity contribution in [2.24, 2.45) is 23.1 Å². The zero-order valence-corrected chi connectivity index (χ0v) is 20.7. The molecular weight excluding hydrogens is 694 g/mol. The van der Waals surface area contributed by atoms with E-state index in [-0.39, 0.29) is 66.1 Å². The molecule has 0 aliphatic rings. The molecule has 0 saturated heterocycles. The summed E-state index contributed by atoms with van der Waals surface area (Å²) in [5, 5.41) is 35.6. The topological polar surface area (TPSA) is 431 Å². The SMILES string of the molecule is CC(=O)[O-].CC(=O)[O-].CC(=O)[O-].CC(=O)[O-].N.N.N.N.NOC(=O)C(N)(N)N.[Pd+2].[Pt+2]. The molecule has 0 fully saturated rings. The molecule has 0 amide bonds. The van der Waals surface area contributed by atoms with Gasteiger partial charge in [0.05, 0.1) is 0 Å². The monoisotopic (exact) mass is 725 g/mol. The van der Waals surface area contributed by atoms with Gasteiger partial charge in [-0.1, -0.05) is 0 Å². The first kappa shape index (κ1) is 70.4. The van der Waals surface area contributed by atoms with Crippen LogP contribution in [0.1, 0.15) is 27.7 Å². The number of aliphatic carboxylic acids is 4. The Morgan fingerprint density at radius 2 is 0.733 bits per heavy atom. The van der Waals surface area contributed by atoms with Crippen LogP contribution in [0, 0.1) is 0 Å². The van der Waals surface area contributed by atoms with Crippen molar-refractivity contribution in [2.45, 2.75) is 33.5 Å². The molecule has 0 spiro atoms. The van der Waals surface area contributed by atoms with Crippen LogP contribution in [0.15, 0.2) is 0 Å². The van der Waals surface area contributed by atoms with Gasteiger partial charge in [-0.25, -0.2) is 4.79 Å². The van der Waals surface area contributed by atoms with E-state index in [1.807, 2.05) is 0 Å². The number of nitrogens with two attached hydrogens (primary N) is 4. The van der Waals surface area contributed by atoms with E-state index in [1.165, 1.54) is 0 Å². The maximum Gasteiger partial charge on any atom is 2.00 e. The van der Waals surface area contributed by atoms with Gasteiger partial charge in [0.25, 0.3) is 0 Å². The van der Waals surface area contributed by atoms with Gasteiger partial charge < -0.3 is 69.0 Å². The van der Waals surface area contributed by atoms with Crippen LogP contribution in [0.5, 0.6) is 0 Å². The van der Waals surface area contributed by atoms with Crippen molar-refractivity contribution in [3.8, 4) is 0 Å². The predicted molar refractivity (Wildman–Crippen MR) is 88.4 cm³/mol. The largest absolute Gasteiger partial charge is 2.00 e. The van der Waals surface area contributed by atoms with E-state index < -0.39 is 35.6 Å².